The fraction of sp³-hybridized carbons (Fsp3) is 0.133. The molecule has 0 heterocycles. The Balaban J connectivity index is 2.58. The summed E-state index contributed by atoms with van der Waals surface area (Å²) in [6.07, 6.45) is 0. The predicted octanol–water partition coefficient (Wildman–Crippen LogP) is 2.48. The van der Waals surface area contributed by atoms with Crippen LogP contribution in [0.3, 0.4) is 0 Å². The van der Waals surface area contributed by atoms with Crippen LogP contribution in [0.5, 0.6) is 5.75 Å². The van der Waals surface area contributed by atoms with E-state index in [1.165, 1.54) is 24.3 Å². The lowest BCUT2D eigenvalue weighted by Crippen LogP contribution is -2.31. The minimum atomic E-state index is -3.86. The topological polar surface area (TPSA) is 81.4 Å². The lowest BCUT2D eigenvalue weighted by molar-refractivity contribution is 0.475. The molecule has 0 saturated heterocycles. The van der Waals surface area contributed by atoms with Gasteiger partial charge in [-0.1, -0.05) is 18.2 Å². The molecule has 6 heteroatoms. The van der Waals surface area contributed by atoms with Crippen molar-refractivity contribution in [2.24, 2.45) is 0 Å². The largest absolute Gasteiger partial charge is 0.508 e. The molecular formula is C15H14N2O3S. The molecule has 0 aromatic heterocycles. The van der Waals surface area contributed by atoms with Gasteiger partial charge in [0.1, 0.15) is 16.7 Å². The van der Waals surface area contributed by atoms with Crippen LogP contribution in [-0.2, 0) is 10.0 Å². The van der Waals surface area contributed by atoms with Gasteiger partial charge in [-0.15, -0.1) is 0 Å². The third-order valence-corrected chi connectivity index (χ3v) is 4.94. The molecular weight excluding hydrogens is 288 g/mol. The van der Waals surface area contributed by atoms with Gasteiger partial charge in [0.25, 0.3) is 10.0 Å². The first-order chi connectivity index (χ1) is 10.0. The van der Waals surface area contributed by atoms with Gasteiger partial charge >= 0.3 is 0 Å². The van der Waals surface area contributed by atoms with Crippen molar-refractivity contribution < 1.29 is 13.5 Å². The molecule has 0 unspecified atom stereocenters. The molecule has 5 nitrogen and oxygen atoms in total. The zero-order valence-electron chi connectivity index (χ0n) is 11.4. The molecule has 0 aliphatic rings. The van der Waals surface area contributed by atoms with Crippen molar-refractivity contribution in [3.8, 4) is 11.8 Å². The number of phenolic OH excluding ortho intramolecular Hbond substituents is 1. The van der Waals surface area contributed by atoms with Gasteiger partial charge in [0, 0.05) is 12.6 Å². The number of rotatable bonds is 4. The van der Waals surface area contributed by atoms with Crippen molar-refractivity contribution in [2.45, 2.75) is 11.8 Å². The number of aromatic hydroxyl groups is 1. The lowest BCUT2D eigenvalue weighted by atomic mass is 10.2. The quantitative estimate of drug-likeness (QED) is 0.940. The number of benzene rings is 2. The highest BCUT2D eigenvalue weighted by atomic mass is 32.2. The summed E-state index contributed by atoms with van der Waals surface area (Å²) < 4.78 is 26.7. The maximum atomic E-state index is 12.7. The lowest BCUT2D eigenvalue weighted by Gasteiger charge is -2.23. The van der Waals surface area contributed by atoms with Gasteiger partial charge in [-0.05, 0) is 31.2 Å². The van der Waals surface area contributed by atoms with Crippen LogP contribution in [0.15, 0.2) is 53.4 Å². The molecule has 2 rings (SSSR count). The van der Waals surface area contributed by atoms with Gasteiger partial charge < -0.3 is 5.11 Å². The van der Waals surface area contributed by atoms with Gasteiger partial charge in [-0.3, -0.25) is 4.31 Å². The number of hydrogen-bond donors (Lipinski definition) is 1. The Labute approximate surface area is 123 Å². The van der Waals surface area contributed by atoms with Crippen LogP contribution in [0.2, 0.25) is 0 Å². The zero-order chi connectivity index (χ0) is 15.5. The summed E-state index contributed by atoms with van der Waals surface area (Å²) in [6, 6.07) is 13.9. The molecule has 108 valence electrons. The van der Waals surface area contributed by atoms with Gasteiger partial charge in [0.05, 0.1) is 11.3 Å². The average Bonchev–Trinajstić information content (AvgIpc) is 2.47. The average molecular weight is 302 g/mol. The van der Waals surface area contributed by atoms with E-state index in [4.69, 9.17) is 5.26 Å². The normalized spacial score (nSPS) is 10.9. The molecule has 0 bridgehead atoms. The molecule has 2 aromatic carbocycles. The monoisotopic (exact) mass is 302 g/mol. The smallest absolute Gasteiger partial charge is 0.265 e. The molecule has 0 saturated carbocycles. The molecule has 1 N–H and O–H groups in total. The van der Waals surface area contributed by atoms with Gasteiger partial charge in [0.2, 0.25) is 0 Å². The maximum absolute atomic E-state index is 12.7. The highest BCUT2D eigenvalue weighted by molar-refractivity contribution is 7.92. The minimum Gasteiger partial charge on any atom is -0.508 e. The van der Waals surface area contributed by atoms with E-state index in [9.17, 15) is 13.5 Å². The highest BCUT2D eigenvalue weighted by Crippen LogP contribution is 2.27. The van der Waals surface area contributed by atoms with Crippen molar-refractivity contribution in [1.29, 1.82) is 5.26 Å². The Morgan fingerprint density at radius 3 is 2.52 bits per heavy atom. The number of phenols is 1. The summed E-state index contributed by atoms with van der Waals surface area (Å²) in [5, 5.41) is 18.6. The Morgan fingerprint density at radius 2 is 1.90 bits per heavy atom. The van der Waals surface area contributed by atoms with Crippen LogP contribution in [-0.4, -0.2) is 20.1 Å². The van der Waals surface area contributed by atoms with Gasteiger partial charge in [0.15, 0.2) is 0 Å². The third kappa shape index (κ3) is 2.83. The first-order valence-corrected chi connectivity index (χ1v) is 7.75. The molecule has 21 heavy (non-hydrogen) atoms. The number of nitriles is 1. The van der Waals surface area contributed by atoms with Crippen LogP contribution >= 0.6 is 0 Å². The Kier molecular flexibility index (Phi) is 4.15. The minimum absolute atomic E-state index is 0.0188. The second kappa shape index (κ2) is 5.85. The predicted molar refractivity (Wildman–Crippen MR) is 79.5 cm³/mol. The summed E-state index contributed by atoms with van der Waals surface area (Å²) in [5.41, 5.74) is 0.446. The van der Waals surface area contributed by atoms with E-state index in [2.05, 4.69) is 0 Å². The van der Waals surface area contributed by atoms with Crippen molar-refractivity contribution >= 4 is 15.7 Å². The van der Waals surface area contributed by atoms with Gasteiger partial charge in [-0.25, -0.2) is 8.42 Å². The Hall–Kier alpha value is -2.52. The molecule has 0 aliphatic carbocycles. The van der Waals surface area contributed by atoms with E-state index in [0.29, 0.717) is 5.69 Å². The summed E-state index contributed by atoms with van der Waals surface area (Å²) in [5.74, 6) is -0.0188. The Bertz CT molecular complexity index is 795. The van der Waals surface area contributed by atoms with Gasteiger partial charge in [-0.2, -0.15) is 5.26 Å². The molecule has 2 aromatic rings. The summed E-state index contributed by atoms with van der Waals surface area (Å²) >= 11 is 0. The number of sulfonamides is 1. The second-order valence-corrected chi connectivity index (χ2v) is 6.13. The highest BCUT2D eigenvalue weighted by Gasteiger charge is 2.26. The van der Waals surface area contributed by atoms with Crippen molar-refractivity contribution in [3.63, 3.8) is 0 Å². The first-order valence-electron chi connectivity index (χ1n) is 6.31. The standard InChI is InChI=1S/C15H14N2O3S/c1-2-17(13-7-5-8-14(18)10-13)21(19,20)15-9-4-3-6-12(15)11-16/h3-10,18H,2H2,1H3. The van der Waals surface area contributed by atoms with E-state index >= 15 is 0 Å². The number of hydrogen-bond acceptors (Lipinski definition) is 4. The van der Waals surface area contributed by atoms with Crippen LogP contribution in [0, 0.1) is 11.3 Å². The van der Waals surface area contributed by atoms with E-state index in [-0.39, 0.29) is 22.8 Å². The molecule has 0 radical (unpaired) electrons. The van der Waals surface area contributed by atoms with E-state index in [1.54, 1.807) is 31.2 Å². The fourth-order valence-electron chi connectivity index (χ4n) is 2.04. The van der Waals surface area contributed by atoms with E-state index in [1.807, 2.05) is 6.07 Å². The first kappa shape index (κ1) is 14.9. The van der Waals surface area contributed by atoms with Crippen molar-refractivity contribution in [3.05, 3.63) is 54.1 Å². The molecule has 0 spiro atoms. The summed E-state index contributed by atoms with van der Waals surface area (Å²) in [7, 11) is -3.86. The SMILES string of the molecule is CCN(c1cccc(O)c1)S(=O)(=O)c1ccccc1C#N. The molecule has 0 atom stereocenters. The molecule has 0 amide bonds. The van der Waals surface area contributed by atoms with Crippen LogP contribution in [0.25, 0.3) is 0 Å². The maximum Gasteiger partial charge on any atom is 0.265 e. The van der Waals surface area contributed by atoms with Crippen LogP contribution in [0.1, 0.15) is 12.5 Å². The fourth-order valence-corrected chi connectivity index (χ4v) is 3.65. The van der Waals surface area contributed by atoms with Crippen molar-refractivity contribution in [1.82, 2.24) is 0 Å². The van der Waals surface area contributed by atoms with Crippen LogP contribution < -0.4 is 4.31 Å². The Morgan fingerprint density at radius 1 is 1.19 bits per heavy atom. The molecule has 0 aliphatic heterocycles. The van der Waals surface area contributed by atoms with E-state index < -0.39 is 10.0 Å². The summed E-state index contributed by atoms with van der Waals surface area (Å²) in [6.45, 7) is 1.88. The number of anilines is 1. The molecule has 0 fully saturated rings. The summed E-state index contributed by atoms with van der Waals surface area (Å²) in [4.78, 5) is -0.0438. The van der Waals surface area contributed by atoms with Crippen LogP contribution in [0.4, 0.5) is 5.69 Å². The zero-order valence-corrected chi connectivity index (χ0v) is 12.2. The third-order valence-electron chi connectivity index (χ3n) is 2.98. The second-order valence-electron chi connectivity index (χ2n) is 4.30. The number of nitrogens with zero attached hydrogens (tertiary/aromatic N) is 2. The van der Waals surface area contributed by atoms with Crippen molar-refractivity contribution in [2.75, 3.05) is 10.8 Å². The van der Waals surface area contributed by atoms with E-state index in [0.717, 1.165) is 4.31 Å².